The van der Waals surface area contributed by atoms with Crippen molar-refractivity contribution in [2.24, 2.45) is 0 Å². The molecule has 0 saturated heterocycles. The van der Waals surface area contributed by atoms with Gasteiger partial charge in [0.05, 0.1) is 34.1 Å². The van der Waals surface area contributed by atoms with Crippen LogP contribution in [0.5, 0.6) is 11.5 Å². The molecule has 2 aromatic carbocycles. The average molecular weight is 377 g/mol. The number of hydrogen-bond acceptors (Lipinski definition) is 3. The van der Waals surface area contributed by atoms with Crippen molar-refractivity contribution < 1.29 is 18.6 Å². The fourth-order valence-corrected chi connectivity index (χ4v) is 2.74. The number of rotatable bonds is 6. The molecule has 0 saturated carbocycles. The van der Waals surface area contributed by atoms with E-state index in [-0.39, 0.29) is 0 Å². The fourth-order valence-electron chi connectivity index (χ4n) is 2.74. The topological polar surface area (TPSA) is 39.0 Å². The van der Waals surface area contributed by atoms with Crippen LogP contribution in [0.25, 0.3) is 12.2 Å². The molecule has 0 radical (unpaired) electrons. The van der Waals surface area contributed by atoms with Crippen LogP contribution in [0.4, 0.5) is 0 Å². The van der Waals surface area contributed by atoms with Gasteiger partial charge < -0.3 is 14.2 Å². The Hall–Kier alpha value is -3.27. The predicted molar refractivity (Wildman–Crippen MR) is 112 cm³/mol. The van der Waals surface area contributed by atoms with Gasteiger partial charge in [-0.05, 0) is 47.5 Å². The molecule has 1 heterocycles. The molecule has 1 aliphatic rings. The Bertz CT molecular complexity index is 914. The van der Waals surface area contributed by atoms with E-state index in [1.807, 2.05) is 92.8 Å². The van der Waals surface area contributed by atoms with Gasteiger partial charge in [0.1, 0.15) is 17.3 Å². The highest BCUT2D eigenvalue weighted by atomic mass is 16.7. The number of benzene rings is 2. The van der Waals surface area contributed by atoms with Crippen LogP contribution in [0, 0.1) is 0 Å². The zero-order valence-electron chi connectivity index (χ0n) is 16.6. The van der Waals surface area contributed by atoms with Crippen LogP contribution >= 0.6 is 0 Å². The van der Waals surface area contributed by atoms with Crippen LogP contribution in [0.2, 0.25) is 0 Å². The van der Waals surface area contributed by atoms with Gasteiger partial charge in [-0.2, -0.15) is 0 Å². The van der Waals surface area contributed by atoms with Crippen molar-refractivity contribution >= 4 is 17.9 Å². The van der Waals surface area contributed by atoms with Crippen LogP contribution in [0.15, 0.2) is 72.5 Å². The molecule has 0 amide bonds. The summed E-state index contributed by atoms with van der Waals surface area (Å²) in [7, 11) is 3.31. The summed E-state index contributed by atoms with van der Waals surface area (Å²) >= 11 is 0. The molecule has 28 heavy (non-hydrogen) atoms. The number of ketones is 1. The van der Waals surface area contributed by atoms with Gasteiger partial charge in [0.2, 0.25) is 0 Å². The van der Waals surface area contributed by atoms with E-state index in [1.165, 1.54) is 0 Å². The molecule has 0 aliphatic carbocycles. The molecule has 0 atom stereocenters. The second kappa shape index (κ2) is 8.61. The summed E-state index contributed by atoms with van der Waals surface area (Å²) in [5, 5.41) is 0. The Morgan fingerprint density at radius 2 is 1.25 bits per heavy atom. The standard InChI is InChI=1S/C24H25O4/c1-24(2)27-22(15-9-18-5-11-20(25-3)12-6-18)17-23(28-24)16-10-19-7-13-21(26-4)14-8-19/h5-17H,1-4H3/q+1/b15-9+,16-10+. The third-order valence-electron chi connectivity index (χ3n) is 4.12. The molecule has 4 nitrogen and oxygen atoms in total. The molecule has 3 rings (SSSR count). The molecule has 2 aromatic rings. The van der Waals surface area contributed by atoms with Gasteiger partial charge in [-0.1, -0.05) is 30.3 Å². The van der Waals surface area contributed by atoms with Gasteiger partial charge >= 0.3 is 11.6 Å². The summed E-state index contributed by atoms with van der Waals surface area (Å²) < 4.78 is 22.2. The van der Waals surface area contributed by atoms with E-state index in [0.29, 0.717) is 0 Å². The van der Waals surface area contributed by atoms with Crippen LogP contribution < -0.4 is 9.47 Å². The van der Waals surface area contributed by atoms with Crippen molar-refractivity contribution in [1.82, 2.24) is 0 Å². The monoisotopic (exact) mass is 377 g/mol. The number of hydrogen-bond donors (Lipinski definition) is 0. The summed E-state index contributed by atoms with van der Waals surface area (Å²) in [5.41, 5.74) is 2.12. The summed E-state index contributed by atoms with van der Waals surface area (Å²) in [6.45, 7) is 3.78. The lowest BCUT2D eigenvalue weighted by Crippen LogP contribution is -2.30. The first-order chi connectivity index (χ1) is 13.5. The molecule has 1 aliphatic heterocycles. The molecule has 0 fully saturated rings. The SMILES string of the molecule is COc1ccc(/C=C/C2=CC(/C=C/c3ccc(OC)cc3)=[O+]C(C)(C)O2)cc1. The third kappa shape index (κ3) is 5.36. The van der Waals surface area contributed by atoms with Crippen molar-refractivity contribution in [2.45, 2.75) is 19.6 Å². The van der Waals surface area contributed by atoms with Gasteiger partial charge in [0.25, 0.3) is 0 Å². The Labute approximate surface area is 166 Å². The van der Waals surface area contributed by atoms with Crippen LogP contribution in [-0.2, 0) is 9.16 Å². The van der Waals surface area contributed by atoms with E-state index in [9.17, 15) is 0 Å². The van der Waals surface area contributed by atoms with Gasteiger partial charge in [-0.25, -0.2) is 4.42 Å². The highest BCUT2D eigenvalue weighted by molar-refractivity contribution is 6.03. The van der Waals surface area contributed by atoms with Crippen molar-refractivity contribution in [2.75, 3.05) is 14.2 Å². The van der Waals surface area contributed by atoms with E-state index >= 15 is 0 Å². The largest absolute Gasteiger partial charge is 0.497 e. The maximum Gasteiger partial charge on any atom is 0.424 e. The average Bonchev–Trinajstić information content (AvgIpc) is 2.70. The lowest BCUT2D eigenvalue weighted by molar-refractivity contribution is -0.604. The van der Waals surface area contributed by atoms with Gasteiger partial charge in [-0.3, -0.25) is 0 Å². The quantitative estimate of drug-likeness (QED) is 0.514. The molecule has 144 valence electrons. The van der Waals surface area contributed by atoms with E-state index in [0.717, 1.165) is 34.2 Å². The van der Waals surface area contributed by atoms with Crippen LogP contribution in [-0.4, -0.2) is 25.8 Å². The number of methoxy groups -OCH3 is 2. The van der Waals surface area contributed by atoms with E-state index in [1.54, 1.807) is 14.2 Å². The first kappa shape index (κ1) is 19.5. The molecular formula is C24H25O4+. The summed E-state index contributed by atoms with van der Waals surface area (Å²) in [6.07, 6.45) is 9.75. The Morgan fingerprint density at radius 1 is 0.750 bits per heavy atom. The third-order valence-corrected chi connectivity index (χ3v) is 4.12. The Kier molecular flexibility index (Phi) is 5.99. The van der Waals surface area contributed by atoms with Crippen LogP contribution in [0.3, 0.4) is 0 Å². The number of ether oxygens (including phenoxy) is 3. The van der Waals surface area contributed by atoms with Gasteiger partial charge in [-0.15, -0.1) is 0 Å². The fraction of sp³-hybridized carbons (Fsp3) is 0.208. The van der Waals surface area contributed by atoms with E-state index in [4.69, 9.17) is 18.6 Å². The lowest BCUT2D eigenvalue weighted by atomic mass is 10.1. The van der Waals surface area contributed by atoms with Crippen LogP contribution in [0.1, 0.15) is 25.0 Å². The number of allylic oxidation sites excluding steroid dienone is 3. The van der Waals surface area contributed by atoms with Gasteiger partial charge in [0.15, 0.2) is 0 Å². The van der Waals surface area contributed by atoms with Crippen molar-refractivity contribution in [3.63, 3.8) is 0 Å². The molecule has 0 N–H and O–H groups in total. The van der Waals surface area contributed by atoms with Crippen molar-refractivity contribution in [1.29, 1.82) is 0 Å². The van der Waals surface area contributed by atoms with Crippen molar-refractivity contribution in [3.8, 4) is 11.5 Å². The Balaban J connectivity index is 1.76. The first-order valence-electron chi connectivity index (χ1n) is 9.08. The molecule has 4 heteroatoms. The minimum absolute atomic E-state index is 0.737. The molecular weight excluding hydrogens is 352 g/mol. The van der Waals surface area contributed by atoms with E-state index < -0.39 is 5.79 Å². The summed E-state index contributed by atoms with van der Waals surface area (Å²) in [5.74, 6) is 2.40. The smallest absolute Gasteiger partial charge is 0.424 e. The zero-order valence-corrected chi connectivity index (χ0v) is 16.6. The summed E-state index contributed by atoms with van der Waals surface area (Å²) in [6, 6.07) is 15.7. The number of carbonyl (C=O) groups excluding carboxylic acids is 1. The molecule has 0 spiro atoms. The Morgan fingerprint density at radius 3 is 1.75 bits per heavy atom. The minimum Gasteiger partial charge on any atom is -0.497 e. The lowest BCUT2D eigenvalue weighted by Gasteiger charge is -2.16. The minimum atomic E-state index is -0.742. The highest BCUT2D eigenvalue weighted by Crippen LogP contribution is 2.21. The predicted octanol–water partition coefficient (Wildman–Crippen LogP) is 5.19. The molecule has 0 bridgehead atoms. The van der Waals surface area contributed by atoms with Gasteiger partial charge in [0, 0.05) is 6.08 Å². The van der Waals surface area contributed by atoms with E-state index in [2.05, 4.69) is 0 Å². The molecule has 0 aromatic heterocycles. The normalized spacial score (nSPS) is 15.9. The zero-order chi connectivity index (χ0) is 20.0. The summed E-state index contributed by atoms with van der Waals surface area (Å²) in [4.78, 5) is 0. The first-order valence-corrected chi connectivity index (χ1v) is 9.08. The maximum atomic E-state index is 5.91. The maximum absolute atomic E-state index is 5.91. The van der Waals surface area contributed by atoms with Crippen molar-refractivity contribution in [3.05, 3.63) is 83.6 Å². The second-order valence-corrected chi connectivity index (χ2v) is 6.77. The highest BCUT2D eigenvalue weighted by Gasteiger charge is 2.36. The molecule has 0 unspecified atom stereocenters. The second-order valence-electron chi connectivity index (χ2n) is 6.77.